The quantitative estimate of drug-likeness (QED) is 0.727. The van der Waals surface area contributed by atoms with E-state index in [1.54, 1.807) is 0 Å². The molecule has 0 aromatic carbocycles. The average Bonchev–Trinajstić information content (AvgIpc) is 2.37. The largest absolute Gasteiger partial charge is 0.393 e. The first-order valence-corrected chi connectivity index (χ1v) is 7.76. The van der Waals surface area contributed by atoms with Crippen molar-refractivity contribution < 1.29 is 9.90 Å². The topological polar surface area (TPSA) is 75.4 Å². The molecule has 0 aromatic rings. The minimum atomic E-state index is -0.683. The first-order chi connectivity index (χ1) is 9.01. The van der Waals surface area contributed by atoms with Gasteiger partial charge in [0.05, 0.1) is 11.6 Å². The fourth-order valence-corrected chi connectivity index (χ4v) is 3.62. The second kappa shape index (κ2) is 6.23. The summed E-state index contributed by atoms with van der Waals surface area (Å²) in [6.07, 6.45) is 7.66. The van der Waals surface area contributed by atoms with Crippen molar-refractivity contribution in [2.45, 2.75) is 69.9 Å². The normalized spacial score (nSPS) is 39.8. The minimum Gasteiger partial charge on any atom is -0.393 e. The Balaban J connectivity index is 1.83. The molecule has 2 aliphatic rings. The van der Waals surface area contributed by atoms with Crippen molar-refractivity contribution in [1.29, 1.82) is 0 Å². The number of rotatable bonds is 3. The smallest absolute Gasteiger partial charge is 0.240 e. The van der Waals surface area contributed by atoms with Crippen LogP contribution in [0, 0.1) is 11.8 Å². The Morgan fingerprint density at radius 3 is 2.74 bits per heavy atom. The number of hydrogen-bond donors (Lipinski definition) is 3. The monoisotopic (exact) mass is 268 g/mol. The van der Waals surface area contributed by atoms with Gasteiger partial charge in [-0.05, 0) is 31.6 Å². The highest BCUT2D eigenvalue weighted by atomic mass is 16.3. The van der Waals surface area contributed by atoms with E-state index in [1.807, 2.05) is 0 Å². The number of aliphatic hydroxyl groups is 1. The second-order valence-electron chi connectivity index (χ2n) is 6.68. The molecule has 4 unspecified atom stereocenters. The molecule has 0 saturated heterocycles. The van der Waals surface area contributed by atoms with Crippen LogP contribution in [-0.2, 0) is 4.79 Å². The van der Waals surface area contributed by atoms with E-state index in [4.69, 9.17) is 5.73 Å². The number of amides is 1. The summed E-state index contributed by atoms with van der Waals surface area (Å²) >= 11 is 0. The number of hydrogen-bond acceptors (Lipinski definition) is 3. The van der Waals surface area contributed by atoms with E-state index in [1.165, 1.54) is 6.42 Å². The van der Waals surface area contributed by atoms with E-state index in [-0.39, 0.29) is 17.9 Å². The van der Waals surface area contributed by atoms with Crippen LogP contribution in [0.1, 0.15) is 58.3 Å². The molecule has 2 aliphatic carbocycles. The molecule has 0 bridgehead atoms. The summed E-state index contributed by atoms with van der Waals surface area (Å²) in [5, 5.41) is 12.9. The molecule has 0 aliphatic heterocycles. The molecule has 2 saturated carbocycles. The van der Waals surface area contributed by atoms with Crippen LogP contribution >= 0.6 is 0 Å². The van der Waals surface area contributed by atoms with Crippen LogP contribution in [-0.4, -0.2) is 29.2 Å². The summed E-state index contributed by atoms with van der Waals surface area (Å²) in [5.41, 5.74) is 5.59. The molecule has 4 heteroatoms. The van der Waals surface area contributed by atoms with Crippen LogP contribution < -0.4 is 11.1 Å². The summed E-state index contributed by atoms with van der Waals surface area (Å²) in [6.45, 7) is 2.74. The average molecular weight is 268 g/mol. The van der Waals surface area contributed by atoms with Crippen molar-refractivity contribution in [1.82, 2.24) is 5.32 Å². The Kier molecular flexibility index (Phi) is 4.85. The van der Waals surface area contributed by atoms with Crippen molar-refractivity contribution in [2.24, 2.45) is 17.6 Å². The van der Waals surface area contributed by atoms with Gasteiger partial charge >= 0.3 is 0 Å². The third kappa shape index (κ3) is 3.69. The van der Waals surface area contributed by atoms with Gasteiger partial charge in [-0.1, -0.05) is 32.6 Å². The Morgan fingerprint density at radius 1 is 1.32 bits per heavy atom. The zero-order chi connectivity index (χ0) is 13.9. The van der Waals surface area contributed by atoms with Crippen LogP contribution in [0.4, 0.5) is 0 Å². The van der Waals surface area contributed by atoms with Crippen molar-refractivity contribution >= 4 is 5.91 Å². The second-order valence-corrected chi connectivity index (χ2v) is 6.68. The number of nitrogens with one attached hydrogen (secondary N) is 1. The summed E-state index contributed by atoms with van der Waals surface area (Å²) in [6, 6.07) is 0. The fraction of sp³-hybridized carbons (Fsp3) is 0.933. The molecule has 4 atom stereocenters. The first kappa shape index (κ1) is 14.8. The third-order valence-corrected chi connectivity index (χ3v) is 4.88. The first-order valence-electron chi connectivity index (χ1n) is 7.76. The molecule has 19 heavy (non-hydrogen) atoms. The maximum atomic E-state index is 12.3. The lowest BCUT2D eigenvalue weighted by Gasteiger charge is -2.36. The van der Waals surface area contributed by atoms with Crippen molar-refractivity contribution in [3.05, 3.63) is 0 Å². The van der Waals surface area contributed by atoms with Gasteiger partial charge in [-0.15, -0.1) is 0 Å². The van der Waals surface area contributed by atoms with Gasteiger partial charge < -0.3 is 16.2 Å². The number of aliphatic hydroxyl groups excluding tert-OH is 1. The van der Waals surface area contributed by atoms with E-state index in [2.05, 4.69) is 12.2 Å². The molecule has 4 N–H and O–H groups in total. The SMILES string of the molecule is CC1CCCC(N)(C(=O)NCC2CCCCC2O)C1. The van der Waals surface area contributed by atoms with Crippen LogP contribution in [0.2, 0.25) is 0 Å². The van der Waals surface area contributed by atoms with E-state index < -0.39 is 5.54 Å². The zero-order valence-electron chi connectivity index (χ0n) is 12.0. The Hall–Kier alpha value is -0.610. The van der Waals surface area contributed by atoms with Gasteiger partial charge in [-0.2, -0.15) is 0 Å². The van der Waals surface area contributed by atoms with Gasteiger partial charge in [0.1, 0.15) is 0 Å². The van der Waals surface area contributed by atoms with Gasteiger partial charge in [-0.25, -0.2) is 0 Å². The molecule has 4 nitrogen and oxygen atoms in total. The molecule has 2 rings (SSSR count). The minimum absolute atomic E-state index is 0.0168. The number of nitrogens with two attached hydrogens (primary N) is 1. The molecule has 0 heterocycles. The molecule has 0 aromatic heterocycles. The highest BCUT2D eigenvalue weighted by molar-refractivity contribution is 5.86. The van der Waals surface area contributed by atoms with Crippen LogP contribution in [0.25, 0.3) is 0 Å². The van der Waals surface area contributed by atoms with Gasteiger partial charge in [0, 0.05) is 12.5 Å². The van der Waals surface area contributed by atoms with E-state index >= 15 is 0 Å². The lowest BCUT2D eigenvalue weighted by atomic mass is 9.76. The van der Waals surface area contributed by atoms with Crippen LogP contribution in [0.5, 0.6) is 0 Å². The van der Waals surface area contributed by atoms with Crippen LogP contribution in [0.3, 0.4) is 0 Å². The summed E-state index contributed by atoms with van der Waals surface area (Å²) in [4.78, 5) is 12.3. The third-order valence-electron chi connectivity index (χ3n) is 4.88. The van der Waals surface area contributed by atoms with Gasteiger partial charge in [0.25, 0.3) is 0 Å². The molecule has 0 radical (unpaired) electrons. The Labute approximate surface area is 116 Å². The highest BCUT2D eigenvalue weighted by Crippen LogP contribution is 2.31. The van der Waals surface area contributed by atoms with Crippen molar-refractivity contribution in [3.8, 4) is 0 Å². The Bertz CT molecular complexity index is 321. The molecule has 1 amide bonds. The predicted molar refractivity (Wildman–Crippen MR) is 75.5 cm³/mol. The van der Waals surface area contributed by atoms with Crippen molar-refractivity contribution in [2.75, 3.05) is 6.54 Å². The molecule has 2 fully saturated rings. The summed E-state index contributed by atoms with van der Waals surface area (Å²) in [5.74, 6) is 0.726. The van der Waals surface area contributed by atoms with Crippen LogP contribution in [0.15, 0.2) is 0 Å². The molecular formula is C15H28N2O2. The maximum Gasteiger partial charge on any atom is 0.240 e. The van der Waals surface area contributed by atoms with E-state index in [9.17, 15) is 9.90 Å². The summed E-state index contributed by atoms with van der Waals surface area (Å²) in [7, 11) is 0. The molecule has 110 valence electrons. The summed E-state index contributed by atoms with van der Waals surface area (Å²) < 4.78 is 0. The Morgan fingerprint density at radius 2 is 2.05 bits per heavy atom. The van der Waals surface area contributed by atoms with E-state index in [0.29, 0.717) is 12.5 Å². The molecule has 0 spiro atoms. The lowest BCUT2D eigenvalue weighted by Crippen LogP contribution is -2.57. The molecular weight excluding hydrogens is 240 g/mol. The van der Waals surface area contributed by atoms with Crippen molar-refractivity contribution in [3.63, 3.8) is 0 Å². The number of carbonyl (C=O) groups is 1. The predicted octanol–water partition coefficient (Wildman–Crippen LogP) is 1.56. The fourth-order valence-electron chi connectivity index (χ4n) is 3.62. The number of carbonyl (C=O) groups excluding carboxylic acids is 1. The highest BCUT2D eigenvalue weighted by Gasteiger charge is 2.38. The van der Waals surface area contributed by atoms with Gasteiger partial charge in [0.2, 0.25) is 5.91 Å². The zero-order valence-corrected chi connectivity index (χ0v) is 12.0. The van der Waals surface area contributed by atoms with E-state index in [0.717, 1.165) is 44.9 Å². The lowest BCUT2D eigenvalue weighted by molar-refractivity contribution is -0.128. The van der Waals surface area contributed by atoms with Gasteiger partial charge in [-0.3, -0.25) is 4.79 Å². The van der Waals surface area contributed by atoms with Gasteiger partial charge in [0.15, 0.2) is 0 Å². The maximum absolute atomic E-state index is 12.3. The standard InChI is InChI=1S/C15H28N2O2/c1-11-5-4-8-15(16,9-11)14(19)17-10-12-6-2-3-7-13(12)18/h11-13,18H,2-10,16H2,1H3,(H,17,19).